The number of hydrogen-bond donors (Lipinski definition) is 0. The molecule has 0 fully saturated rings. The van der Waals surface area contributed by atoms with Gasteiger partial charge >= 0.3 is 11.9 Å². The molecule has 0 unspecified atom stereocenters. The van der Waals surface area contributed by atoms with Crippen molar-refractivity contribution in [1.29, 1.82) is 0 Å². The molecule has 25 heavy (non-hydrogen) atoms. The lowest BCUT2D eigenvalue weighted by Gasteiger charge is -2.12. The molecule has 1 aromatic rings. The Hall–Kier alpha value is -2.57. The molecule has 0 saturated carbocycles. The molecule has 0 atom stereocenters. The van der Waals surface area contributed by atoms with Gasteiger partial charge in [0.25, 0.3) is 0 Å². The van der Waals surface area contributed by atoms with Crippen molar-refractivity contribution in [2.75, 3.05) is 26.4 Å². The Morgan fingerprint density at radius 1 is 0.920 bits per heavy atom. The lowest BCUT2D eigenvalue weighted by molar-refractivity contribution is -0.157. The van der Waals surface area contributed by atoms with E-state index >= 15 is 0 Å². The molecule has 7 heteroatoms. The van der Waals surface area contributed by atoms with Gasteiger partial charge in [0.15, 0.2) is 17.4 Å². The maximum absolute atomic E-state index is 11.9. The Balaban J connectivity index is 3.03. The zero-order chi connectivity index (χ0) is 18.7. The Morgan fingerprint density at radius 2 is 1.48 bits per heavy atom. The van der Waals surface area contributed by atoms with Gasteiger partial charge in [-0.1, -0.05) is 0 Å². The summed E-state index contributed by atoms with van der Waals surface area (Å²) >= 11 is 0. The summed E-state index contributed by atoms with van der Waals surface area (Å²) in [5.74, 6) is -1.44. The predicted octanol–water partition coefficient (Wildman–Crippen LogP) is 2.93. The van der Waals surface area contributed by atoms with Crippen molar-refractivity contribution in [3.8, 4) is 11.5 Å². The van der Waals surface area contributed by atoms with Gasteiger partial charge in [0.05, 0.1) is 32.1 Å². The second-order valence-electron chi connectivity index (χ2n) is 4.76. The van der Waals surface area contributed by atoms with Gasteiger partial charge in [0.2, 0.25) is 0 Å². The van der Waals surface area contributed by atoms with Crippen LogP contribution in [0.5, 0.6) is 11.5 Å². The topological polar surface area (TPSA) is 83.4 Å². The zero-order valence-electron chi connectivity index (χ0n) is 15.1. The number of nitrogens with zero attached hydrogens (tertiary/aromatic N) is 1. The van der Waals surface area contributed by atoms with E-state index in [0.717, 1.165) is 0 Å². The quantitative estimate of drug-likeness (QED) is 0.366. The van der Waals surface area contributed by atoms with Gasteiger partial charge in [-0.25, -0.2) is 0 Å². The number of benzene rings is 1. The summed E-state index contributed by atoms with van der Waals surface area (Å²) in [6.07, 6.45) is 1.22. The number of carbonyl (C=O) groups excluding carboxylic acids is 2. The van der Waals surface area contributed by atoms with Gasteiger partial charge in [-0.2, -0.15) is 0 Å². The average molecular weight is 351 g/mol. The molecule has 0 radical (unpaired) electrons. The summed E-state index contributed by atoms with van der Waals surface area (Å²) in [5.41, 5.74) is 0.519. The number of aliphatic imine (C=N–C) groups is 1. The second kappa shape index (κ2) is 11.1. The Bertz CT molecular complexity index is 581. The summed E-state index contributed by atoms with van der Waals surface area (Å²) in [6.45, 7) is 8.39. The zero-order valence-corrected chi connectivity index (χ0v) is 15.1. The fourth-order valence-electron chi connectivity index (χ4n) is 1.96. The van der Waals surface area contributed by atoms with Gasteiger partial charge in [0.1, 0.15) is 0 Å². The first-order valence-electron chi connectivity index (χ1n) is 8.34. The molecule has 1 rings (SSSR count). The van der Waals surface area contributed by atoms with E-state index in [2.05, 4.69) is 4.99 Å². The molecular weight excluding hydrogens is 326 g/mol. The number of rotatable bonds is 10. The Labute approximate surface area is 147 Å². The number of carbonyl (C=O) groups is 2. The SMILES string of the molecule is CCOC(=O)C(C=Nc1ccc(OCC)c(OCC)c1)C(=O)OCC. The molecular formula is C18H25NO6. The number of ether oxygens (including phenoxy) is 4. The maximum atomic E-state index is 11.9. The van der Waals surface area contributed by atoms with E-state index < -0.39 is 17.9 Å². The third-order valence-electron chi connectivity index (χ3n) is 2.98. The van der Waals surface area contributed by atoms with Crippen molar-refractivity contribution in [1.82, 2.24) is 0 Å². The van der Waals surface area contributed by atoms with Gasteiger partial charge in [0, 0.05) is 12.3 Å². The van der Waals surface area contributed by atoms with Crippen LogP contribution in [0.4, 0.5) is 5.69 Å². The van der Waals surface area contributed by atoms with Crippen molar-refractivity contribution in [2.24, 2.45) is 10.9 Å². The first kappa shape index (κ1) is 20.5. The molecule has 138 valence electrons. The van der Waals surface area contributed by atoms with E-state index in [0.29, 0.717) is 30.4 Å². The molecule has 0 aliphatic rings. The molecule has 7 nitrogen and oxygen atoms in total. The minimum absolute atomic E-state index is 0.167. The molecule has 0 heterocycles. The molecule has 0 spiro atoms. The molecule has 0 saturated heterocycles. The van der Waals surface area contributed by atoms with E-state index in [1.54, 1.807) is 32.0 Å². The lowest BCUT2D eigenvalue weighted by Crippen LogP contribution is -2.29. The van der Waals surface area contributed by atoms with Crippen LogP contribution in [0.2, 0.25) is 0 Å². The van der Waals surface area contributed by atoms with Crippen LogP contribution >= 0.6 is 0 Å². The first-order chi connectivity index (χ1) is 12.1. The van der Waals surface area contributed by atoms with Crippen molar-refractivity contribution in [2.45, 2.75) is 27.7 Å². The van der Waals surface area contributed by atoms with Gasteiger partial charge in [-0.15, -0.1) is 0 Å². The van der Waals surface area contributed by atoms with Crippen molar-refractivity contribution >= 4 is 23.8 Å². The molecule has 0 aliphatic heterocycles. The van der Waals surface area contributed by atoms with E-state index in [4.69, 9.17) is 18.9 Å². The molecule has 0 bridgehead atoms. The summed E-state index contributed by atoms with van der Waals surface area (Å²) < 4.78 is 20.8. The molecule has 0 aromatic heterocycles. The van der Waals surface area contributed by atoms with Crippen LogP contribution in [-0.4, -0.2) is 44.6 Å². The average Bonchev–Trinajstić information content (AvgIpc) is 2.58. The highest BCUT2D eigenvalue weighted by molar-refractivity contribution is 6.09. The van der Waals surface area contributed by atoms with Crippen LogP contribution in [0, 0.1) is 5.92 Å². The van der Waals surface area contributed by atoms with Gasteiger partial charge in [-0.05, 0) is 39.8 Å². The summed E-state index contributed by atoms with van der Waals surface area (Å²) in [7, 11) is 0. The van der Waals surface area contributed by atoms with E-state index in [1.807, 2.05) is 13.8 Å². The highest BCUT2D eigenvalue weighted by Crippen LogP contribution is 2.31. The predicted molar refractivity (Wildman–Crippen MR) is 93.7 cm³/mol. The monoisotopic (exact) mass is 351 g/mol. The summed E-state index contributed by atoms with van der Waals surface area (Å²) in [5, 5.41) is 0. The minimum Gasteiger partial charge on any atom is -0.490 e. The fourth-order valence-corrected chi connectivity index (χ4v) is 1.96. The summed E-state index contributed by atoms with van der Waals surface area (Å²) in [6, 6.07) is 5.11. The first-order valence-corrected chi connectivity index (χ1v) is 8.34. The molecule has 0 aliphatic carbocycles. The van der Waals surface area contributed by atoms with Crippen molar-refractivity contribution in [3.05, 3.63) is 18.2 Å². The van der Waals surface area contributed by atoms with Crippen LogP contribution in [0.15, 0.2) is 23.2 Å². The number of esters is 2. The lowest BCUT2D eigenvalue weighted by atomic mass is 10.1. The molecule has 1 aromatic carbocycles. The smallest absolute Gasteiger partial charge is 0.325 e. The van der Waals surface area contributed by atoms with Crippen molar-refractivity contribution < 1.29 is 28.5 Å². The van der Waals surface area contributed by atoms with Crippen molar-refractivity contribution in [3.63, 3.8) is 0 Å². The Morgan fingerprint density at radius 3 is 2.00 bits per heavy atom. The number of hydrogen-bond acceptors (Lipinski definition) is 7. The van der Waals surface area contributed by atoms with E-state index in [-0.39, 0.29) is 13.2 Å². The van der Waals surface area contributed by atoms with Crippen LogP contribution in [0.1, 0.15) is 27.7 Å². The van der Waals surface area contributed by atoms with Gasteiger partial charge in [-0.3, -0.25) is 14.6 Å². The third kappa shape index (κ3) is 6.45. The fraction of sp³-hybridized carbons (Fsp3) is 0.500. The van der Waals surface area contributed by atoms with Crippen LogP contribution in [-0.2, 0) is 19.1 Å². The normalized spacial score (nSPS) is 10.8. The third-order valence-corrected chi connectivity index (χ3v) is 2.98. The van der Waals surface area contributed by atoms with Gasteiger partial charge < -0.3 is 18.9 Å². The maximum Gasteiger partial charge on any atom is 0.325 e. The van der Waals surface area contributed by atoms with E-state index in [9.17, 15) is 9.59 Å². The molecule has 0 amide bonds. The largest absolute Gasteiger partial charge is 0.490 e. The summed E-state index contributed by atoms with van der Waals surface area (Å²) in [4.78, 5) is 28.1. The molecule has 0 N–H and O–H groups in total. The second-order valence-corrected chi connectivity index (χ2v) is 4.76. The van der Waals surface area contributed by atoms with Crippen LogP contribution < -0.4 is 9.47 Å². The standard InChI is InChI=1S/C18H25NO6/c1-5-22-15-10-9-13(11-16(15)23-6-2)19-12-14(17(20)24-7-3)18(21)25-8-4/h9-12,14H,5-8H2,1-4H3. The highest BCUT2D eigenvalue weighted by Gasteiger charge is 2.27. The van der Waals surface area contributed by atoms with Crippen LogP contribution in [0.3, 0.4) is 0 Å². The minimum atomic E-state index is -1.21. The Kier molecular flexibility index (Phi) is 9.06. The van der Waals surface area contributed by atoms with Crippen LogP contribution in [0.25, 0.3) is 0 Å². The van der Waals surface area contributed by atoms with E-state index in [1.165, 1.54) is 6.21 Å². The highest BCUT2D eigenvalue weighted by atomic mass is 16.6.